The molecule has 1 aromatic heterocycles. The van der Waals surface area contributed by atoms with Gasteiger partial charge in [0.05, 0.1) is 17.1 Å². The van der Waals surface area contributed by atoms with Crippen LogP contribution in [0.3, 0.4) is 0 Å². The van der Waals surface area contributed by atoms with E-state index in [-0.39, 0.29) is 63.0 Å². The van der Waals surface area contributed by atoms with E-state index >= 15 is 4.39 Å². The lowest BCUT2D eigenvalue weighted by Crippen LogP contribution is -2.52. The summed E-state index contributed by atoms with van der Waals surface area (Å²) in [5.41, 5.74) is 0.289. The highest BCUT2D eigenvalue weighted by molar-refractivity contribution is 7.89. The Hall–Kier alpha value is -4.45. The van der Waals surface area contributed by atoms with Crippen molar-refractivity contribution >= 4 is 45.2 Å². The van der Waals surface area contributed by atoms with Crippen LogP contribution in [0, 0.1) is 17.7 Å². The monoisotopic (exact) mass is 865 g/mol. The van der Waals surface area contributed by atoms with Crippen molar-refractivity contribution < 1.29 is 60.6 Å². The smallest absolute Gasteiger partial charge is 0.387 e. The number of nitrogens with zero attached hydrogens (tertiary/aromatic N) is 1. The third-order valence-corrected chi connectivity index (χ3v) is 12.4. The second-order valence-electron chi connectivity index (χ2n) is 14.3. The molecule has 0 amide bonds. The SMILES string of the molecule is O=C(O[C@@H](Cc1c(Cl)c[nH+]cc1Cl)c1ccc(OC(F)F)c(OCC2CC2)c1)c1cccc(S(=O)(=O)NC(C(=O)O[C@H]2CN3CCC2CC3)c2ccccc2F)c1.[OH-]. The molecule has 4 heterocycles. The Morgan fingerprint density at radius 1 is 0.931 bits per heavy atom. The summed E-state index contributed by atoms with van der Waals surface area (Å²) in [6.45, 7) is -0.591. The van der Waals surface area contributed by atoms with Crippen LogP contribution >= 0.6 is 23.2 Å². The molecule has 3 atom stereocenters. The fourth-order valence-electron chi connectivity index (χ4n) is 7.03. The number of ether oxygens (including phenoxy) is 4. The number of alkyl halides is 2. The van der Waals surface area contributed by atoms with E-state index in [1.807, 2.05) is 0 Å². The second-order valence-corrected chi connectivity index (χ2v) is 16.8. The number of piperidine rings is 3. The van der Waals surface area contributed by atoms with Crippen LogP contribution in [0.25, 0.3) is 0 Å². The Morgan fingerprint density at radius 2 is 1.66 bits per heavy atom. The maximum atomic E-state index is 15.1. The maximum absolute atomic E-state index is 15.1. The highest BCUT2D eigenvalue weighted by Crippen LogP contribution is 2.38. The van der Waals surface area contributed by atoms with Crippen LogP contribution in [0.1, 0.15) is 64.9 Å². The molecule has 0 spiro atoms. The van der Waals surface area contributed by atoms with Crippen molar-refractivity contribution in [3.63, 3.8) is 0 Å². The lowest BCUT2D eigenvalue weighted by molar-refractivity contribution is -0.377. The van der Waals surface area contributed by atoms with Crippen molar-refractivity contribution in [2.24, 2.45) is 11.8 Å². The Kier molecular flexibility index (Phi) is 13.9. The summed E-state index contributed by atoms with van der Waals surface area (Å²) in [5.74, 6) is -2.55. The first-order chi connectivity index (χ1) is 27.3. The third-order valence-electron chi connectivity index (χ3n) is 10.3. The van der Waals surface area contributed by atoms with Gasteiger partial charge >= 0.3 is 18.6 Å². The van der Waals surface area contributed by atoms with E-state index in [1.54, 1.807) is 0 Å². The quantitative estimate of drug-likeness (QED) is 0.117. The average Bonchev–Trinajstić information content (AvgIpc) is 4.03. The topological polar surface area (TPSA) is 165 Å². The minimum Gasteiger partial charge on any atom is -0.870 e. The summed E-state index contributed by atoms with van der Waals surface area (Å²) >= 11 is 12.9. The van der Waals surface area contributed by atoms with E-state index < -0.39 is 57.5 Å². The van der Waals surface area contributed by atoms with Crippen molar-refractivity contribution in [3.05, 3.63) is 117 Å². The standard InChI is InChI=1S/C40H38Cl2F3N3O8S.H2O/c41-30-19-46-20-31(42)29(30)18-34(25-10-11-33(56-40(44)45)35(17-25)53-22-23-8-9-23)54-38(49)26-4-3-5-27(16-26)57(51,52)47-37(28-6-1-2-7-32(28)43)39(50)55-36-21-48-14-12-24(36)13-15-48;/h1-7,10-11,16-17,19-20,23-24,34,36-37,40,47H,8-9,12-15,18,21-22H2;1H2/t34-,36-,37?;/m0./s1. The molecule has 3 N–H and O–H groups in total. The van der Waals surface area contributed by atoms with Crippen LogP contribution < -0.4 is 19.2 Å². The molecule has 2 bridgehead atoms. The number of aromatic nitrogens is 1. The first-order valence-corrected chi connectivity index (χ1v) is 20.6. The highest BCUT2D eigenvalue weighted by atomic mass is 35.5. The van der Waals surface area contributed by atoms with Gasteiger partial charge in [0.2, 0.25) is 10.0 Å². The molecule has 12 nitrogen and oxygen atoms in total. The summed E-state index contributed by atoms with van der Waals surface area (Å²) in [6.07, 6.45) is 4.78. The molecule has 3 aliphatic heterocycles. The number of hydrogen-bond acceptors (Lipinski definition) is 10. The molecule has 310 valence electrons. The van der Waals surface area contributed by atoms with Gasteiger partial charge in [-0.15, -0.1) is 0 Å². The molecule has 8 rings (SSSR count). The first kappa shape index (κ1) is 43.1. The molecule has 4 aliphatic rings. The molecule has 18 heteroatoms. The Balaban J connectivity index is 0.00000567. The number of pyridine rings is 1. The number of halogens is 5. The number of benzene rings is 3. The van der Waals surface area contributed by atoms with Gasteiger partial charge in [0, 0.05) is 24.1 Å². The number of carbonyl (C=O) groups is 2. The zero-order valence-corrected chi connectivity index (χ0v) is 33.1. The lowest BCUT2D eigenvalue weighted by Gasteiger charge is -2.44. The molecular weight excluding hydrogens is 826 g/mol. The van der Waals surface area contributed by atoms with Crippen LogP contribution in [0.5, 0.6) is 11.5 Å². The summed E-state index contributed by atoms with van der Waals surface area (Å²) in [7, 11) is -4.61. The van der Waals surface area contributed by atoms with Gasteiger partial charge in [-0.1, -0.05) is 53.5 Å². The fourth-order valence-corrected chi connectivity index (χ4v) is 8.77. The molecule has 1 unspecified atom stereocenters. The number of hydrogen-bond donors (Lipinski definition) is 1. The number of nitrogens with one attached hydrogen (secondary N) is 2. The van der Waals surface area contributed by atoms with Crippen molar-refractivity contribution in [2.45, 2.75) is 61.9 Å². The number of H-pyrrole nitrogens is 1. The number of rotatable bonds is 16. The summed E-state index contributed by atoms with van der Waals surface area (Å²) in [5, 5.41) is 0.448. The summed E-state index contributed by atoms with van der Waals surface area (Å²) in [6, 6.07) is 12.6. The normalized spacial score (nSPS) is 19.8. The summed E-state index contributed by atoms with van der Waals surface area (Å²) in [4.78, 5) is 32.1. The zero-order valence-electron chi connectivity index (χ0n) is 30.8. The molecule has 1 saturated carbocycles. The van der Waals surface area contributed by atoms with E-state index in [0.717, 1.165) is 50.9 Å². The van der Waals surface area contributed by atoms with Gasteiger partial charge in [-0.2, -0.15) is 13.5 Å². The molecule has 3 aromatic carbocycles. The van der Waals surface area contributed by atoms with Crippen LogP contribution in [0.4, 0.5) is 13.2 Å². The molecule has 3 saturated heterocycles. The van der Waals surface area contributed by atoms with Gasteiger partial charge in [-0.3, -0.25) is 4.90 Å². The number of esters is 2. The second kappa shape index (κ2) is 18.6. The largest absolute Gasteiger partial charge is 0.870 e. The molecule has 58 heavy (non-hydrogen) atoms. The van der Waals surface area contributed by atoms with Crippen molar-refractivity contribution in [1.29, 1.82) is 0 Å². The number of aromatic amines is 1. The van der Waals surface area contributed by atoms with Crippen LogP contribution in [-0.2, 0) is 30.7 Å². The fraction of sp³-hybridized carbons (Fsp3) is 0.375. The number of carbonyl (C=O) groups excluding carboxylic acids is 2. The van der Waals surface area contributed by atoms with E-state index in [4.69, 9.17) is 37.4 Å². The van der Waals surface area contributed by atoms with E-state index in [2.05, 4.69) is 19.3 Å². The molecular formula is C40H40Cl2F3N3O9S. The summed E-state index contributed by atoms with van der Waals surface area (Å²) < 4.78 is 94.3. The van der Waals surface area contributed by atoms with Gasteiger partial charge in [0.15, 0.2) is 23.9 Å². The minimum absolute atomic E-state index is 0. The van der Waals surface area contributed by atoms with Crippen LogP contribution in [-0.4, -0.2) is 69.7 Å². The predicted molar refractivity (Wildman–Crippen MR) is 203 cm³/mol. The maximum Gasteiger partial charge on any atom is 0.387 e. The molecule has 1 aliphatic carbocycles. The van der Waals surface area contributed by atoms with Crippen molar-refractivity contribution in [3.8, 4) is 11.5 Å². The third kappa shape index (κ3) is 10.4. The first-order valence-electron chi connectivity index (χ1n) is 18.4. The zero-order chi connectivity index (χ0) is 40.3. The van der Waals surface area contributed by atoms with Crippen LogP contribution in [0.15, 0.2) is 84.0 Å². The Bertz CT molecular complexity index is 2210. The van der Waals surface area contributed by atoms with Crippen LogP contribution in [0.2, 0.25) is 10.0 Å². The highest BCUT2D eigenvalue weighted by Gasteiger charge is 2.39. The van der Waals surface area contributed by atoms with Gasteiger partial charge < -0.3 is 24.4 Å². The molecule has 4 aromatic rings. The van der Waals surface area contributed by atoms with E-state index in [1.165, 1.54) is 67.0 Å². The van der Waals surface area contributed by atoms with E-state index in [9.17, 15) is 26.8 Å². The average molecular weight is 867 g/mol. The molecule has 0 radical (unpaired) electrons. The van der Waals surface area contributed by atoms with Gasteiger partial charge in [0.1, 0.15) is 34.1 Å². The van der Waals surface area contributed by atoms with Crippen molar-refractivity contribution in [2.75, 3.05) is 26.2 Å². The lowest BCUT2D eigenvalue weighted by atomic mass is 9.86. The Labute approximate surface area is 342 Å². The van der Waals surface area contributed by atoms with Crippen molar-refractivity contribution in [1.82, 2.24) is 9.62 Å². The van der Waals surface area contributed by atoms with Gasteiger partial charge in [0.25, 0.3) is 0 Å². The van der Waals surface area contributed by atoms with E-state index in [0.29, 0.717) is 17.7 Å². The van der Waals surface area contributed by atoms with Gasteiger partial charge in [-0.25, -0.2) is 27.4 Å². The predicted octanol–water partition coefficient (Wildman–Crippen LogP) is 6.96. The minimum atomic E-state index is -4.61. The number of fused-ring (bicyclic) bond motifs is 3. The Morgan fingerprint density at radius 3 is 2.31 bits per heavy atom. The molecule has 4 fully saturated rings. The number of sulfonamides is 1. The van der Waals surface area contributed by atoms with Gasteiger partial charge in [-0.05, 0) is 92.6 Å².